The molecule has 0 heterocycles. The summed E-state index contributed by atoms with van der Waals surface area (Å²) in [6.45, 7) is 1.59. The van der Waals surface area contributed by atoms with Gasteiger partial charge in [0, 0.05) is 18.4 Å². The van der Waals surface area contributed by atoms with Gasteiger partial charge in [0.1, 0.15) is 11.6 Å². The fourth-order valence-electron chi connectivity index (χ4n) is 2.22. The van der Waals surface area contributed by atoms with Crippen molar-refractivity contribution in [3.63, 3.8) is 0 Å². The van der Waals surface area contributed by atoms with Crippen molar-refractivity contribution in [2.75, 3.05) is 24.7 Å². The third-order valence-electron chi connectivity index (χ3n) is 3.49. The van der Waals surface area contributed by atoms with Crippen LogP contribution in [0.3, 0.4) is 0 Å². The number of sulfonamides is 1. The van der Waals surface area contributed by atoms with E-state index in [1.165, 1.54) is 56.1 Å². The zero-order valence-corrected chi connectivity index (χ0v) is 16.6. The highest BCUT2D eigenvalue weighted by Crippen LogP contribution is 2.27. The van der Waals surface area contributed by atoms with Gasteiger partial charge in [0.2, 0.25) is 15.9 Å². The van der Waals surface area contributed by atoms with Gasteiger partial charge in [-0.1, -0.05) is 0 Å². The van der Waals surface area contributed by atoms with Gasteiger partial charge < -0.3 is 10.1 Å². The highest BCUT2D eigenvalue weighted by atomic mass is 32.2. The van der Waals surface area contributed by atoms with E-state index in [1.807, 2.05) is 0 Å². The zero-order valence-electron chi connectivity index (χ0n) is 15.0. The molecule has 0 aromatic heterocycles. The van der Waals surface area contributed by atoms with Crippen LogP contribution in [0.1, 0.15) is 13.3 Å². The van der Waals surface area contributed by atoms with Gasteiger partial charge in [-0.25, -0.2) is 17.5 Å². The summed E-state index contributed by atoms with van der Waals surface area (Å²) in [5, 5.41) is 2.55. The van der Waals surface area contributed by atoms with Gasteiger partial charge in [0.15, 0.2) is 0 Å². The van der Waals surface area contributed by atoms with Crippen LogP contribution >= 0.6 is 11.8 Å². The summed E-state index contributed by atoms with van der Waals surface area (Å²) in [7, 11) is -2.27. The van der Waals surface area contributed by atoms with Crippen LogP contribution in [0.15, 0.2) is 52.3 Å². The minimum atomic E-state index is -3.71. The van der Waals surface area contributed by atoms with Gasteiger partial charge in [0.25, 0.3) is 0 Å². The van der Waals surface area contributed by atoms with Crippen LogP contribution in [0.25, 0.3) is 0 Å². The molecule has 0 spiro atoms. The number of halogens is 1. The van der Waals surface area contributed by atoms with E-state index in [4.69, 9.17) is 4.74 Å². The predicted octanol–water partition coefficient (Wildman–Crippen LogP) is 3.25. The molecule has 0 saturated heterocycles. The number of thioether (sulfide) groups is 1. The lowest BCUT2D eigenvalue weighted by atomic mass is 10.3. The summed E-state index contributed by atoms with van der Waals surface area (Å²) in [6, 6.07) is 10.4. The van der Waals surface area contributed by atoms with E-state index >= 15 is 0 Å². The van der Waals surface area contributed by atoms with E-state index in [2.05, 4.69) is 10.0 Å². The third kappa shape index (κ3) is 6.53. The van der Waals surface area contributed by atoms with Gasteiger partial charge in [-0.05, 0) is 54.6 Å². The van der Waals surface area contributed by atoms with Crippen molar-refractivity contribution in [1.29, 1.82) is 0 Å². The first kappa shape index (κ1) is 21.2. The largest absolute Gasteiger partial charge is 0.495 e. The van der Waals surface area contributed by atoms with Crippen LogP contribution in [-0.2, 0) is 14.8 Å². The number of methoxy groups -OCH3 is 1. The molecule has 2 N–H and O–H groups in total. The Hall–Kier alpha value is -2.10. The molecule has 0 atom stereocenters. The molecule has 0 radical (unpaired) electrons. The maximum Gasteiger partial charge on any atom is 0.240 e. The monoisotopic (exact) mass is 412 g/mol. The normalized spacial score (nSPS) is 11.2. The van der Waals surface area contributed by atoms with Crippen molar-refractivity contribution in [2.45, 2.75) is 23.1 Å². The molecular weight excluding hydrogens is 391 g/mol. The molecule has 0 fully saturated rings. The van der Waals surface area contributed by atoms with Gasteiger partial charge in [0.05, 0.1) is 17.7 Å². The van der Waals surface area contributed by atoms with Crippen molar-refractivity contribution < 1.29 is 22.3 Å². The summed E-state index contributed by atoms with van der Waals surface area (Å²) in [6.07, 6.45) is 0.607. The molecule has 0 aliphatic heterocycles. The number of rotatable bonds is 9. The summed E-state index contributed by atoms with van der Waals surface area (Å²) in [4.78, 5) is 12.2. The van der Waals surface area contributed by atoms with Crippen LogP contribution in [0, 0.1) is 5.82 Å². The maximum atomic E-state index is 12.9. The number of amides is 1. The summed E-state index contributed by atoms with van der Waals surface area (Å²) in [5.74, 6) is 0.451. The van der Waals surface area contributed by atoms with Crippen LogP contribution in [-0.4, -0.2) is 33.7 Å². The molecule has 0 aliphatic rings. The predicted molar refractivity (Wildman–Crippen MR) is 104 cm³/mol. The summed E-state index contributed by atoms with van der Waals surface area (Å²) < 4.78 is 45.4. The number of carbonyl (C=O) groups is 1. The Morgan fingerprint density at radius 3 is 2.52 bits per heavy atom. The highest BCUT2D eigenvalue weighted by Gasteiger charge is 2.16. The fraction of sp³-hybridized carbons (Fsp3) is 0.278. The van der Waals surface area contributed by atoms with E-state index < -0.39 is 10.0 Å². The van der Waals surface area contributed by atoms with Crippen molar-refractivity contribution in [3.05, 3.63) is 48.3 Å². The van der Waals surface area contributed by atoms with Crippen molar-refractivity contribution in [2.24, 2.45) is 0 Å². The molecule has 27 heavy (non-hydrogen) atoms. The van der Waals surface area contributed by atoms with E-state index in [-0.39, 0.29) is 23.2 Å². The number of hydrogen-bond acceptors (Lipinski definition) is 5. The topological polar surface area (TPSA) is 84.5 Å². The van der Waals surface area contributed by atoms with Crippen LogP contribution in [0.5, 0.6) is 5.75 Å². The summed E-state index contributed by atoms with van der Waals surface area (Å²) >= 11 is 1.52. The van der Waals surface area contributed by atoms with Gasteiger partial charge >= 0.3 is 0 Å². The van der Waals surface area contributed by atoms with E-state index in [0.717, 1.165) is 4.90 Å². The van der Waals surface area contributed by atoms with Gasteiger partial charge in [-0.15, -0.1) is 11.8 Å². The lowest BCUT2D eigenvalue weighted by Gasteiger charge is -2.12. The van der Waals surface area contributed by atoms with E-state index in [0.29, 0.717) is 23.6 Å². The van der Waals surface area contributed by atoms with Gasteiger partial charge in [-0.3, -0.25) is 4.79 Å². The van der Waals surface area contributed by atoms with E-state index in [1.54, 1.807) is 12.1 Å². The molecule has 146 valence electrons. The smallest absolute Gasteiger partial charge is 0.240 e. The molecule has 6 nitrogen and oxygen atoms in total. The quantitative estimate of drug-likeness (QED) is 0.488. The SMILES string of the molecule is COc1ccc(S(=O)(=O)NCCCSc2ccc(F)cc2)cc1NC(C)=O. The first-order chi connectivity index (χ1) is 12.8. The number of benzene rings is 2. The molecular formula is C18H21FN2O4S2. The molecule has 2 rings (SSSR count). The Kier molecular flexibility index (Phi) is 7.64. The first-order valence-corrected chi connectivity index (χ1v) is 10.6. The fourth-order valence-corrected chi connectivity index (χ4v) is 4.18. The molecule has 2 aromatic rings. The standard InChI is InChI=1S/C18H21FN2O4S2/c1-13(22)21-17-12-16(8-9-18(17)25-2)27(23,24)20-10-3-11-26-15-6-4-14(19)5-7-15/h4-9,12,20H,3,10-11H2,1-2H3,(H,21,22). The average molecular weight is 413 g/mol. The Balaban J connectivity index is 1.91. The minimum Gasteiger partial charge on any atom is -0.495 e. The average Bonchev–Trinajstić information content (AvgIpc) is 2.62. The van der Waals surface area contributed by atoms with Crippen LogP contribution < -0.4 is 14.8 Å². The highest BCUT2D eigenvalue weighted by molar-refractivity contribution is 7.99. The second kappa shape index (κ2) is 9.72. The number of ether oxygens (including phenoxy) is 1. The minimum absolute atomic E-state index is 0.0400. The van der Waals surface area contributed by atoms with Crippen LogP contribution in [0.4, 0.5) is 10.1 Å². The van der Waals surface area contributed by atoms with Crippen molar-refractivity contribution in [1.82, 2.24) is 4.72 Å². The molecule has 0 saturated carbocycles. The Morgan fingerprint density at radius 1 is 1.19 bits per heavy atom. The van der Waals surface area contributed by atoms with Crippen molar-refractivity contribution in [3.8, 4) is 5.75 Å². The number of nitrogens with one attached hydrogen (secondary N) is 2. The lowest BCUT2D eigenvalue weighted by Crippen LogP contribution is -2.25. The molecule has 0 unspecified atom stereocenters. The molecule has 0 aliphatic carbocycles. The second-order valence-electron chi connectivity index (χ2n) is 5.60. The molecule has 2 aromatic carbocycles. The molecule has 0 bridgehead atoms. The Bertz CT molecular complexity index is 887. The first-order valence-electron chi connectivity index (χ1n) is 8.15. The second-order valence-corrected chi connectivity index (χ2v) is 8.53. The Labute approximate surface area is 162 Å². The maximum absolute atomic E-state index is 12.9. The van der Waals surface area contributed by atoms with Crippen molar-refractivity contribution >= 4 is 33.4 Å². The molecule has 9 heteroatoms. The van der Waals surface area contributed by atoms with E-state index in [9.17, 15) is 17.6 Å². The molecule has 1 amide bonds. The lowest BCUT2D eigenvalue weighted by molar-refractivity contribution is -0.114. The Morgan fingerprint density at radius 2 is 1.89 bits per heavy atom. The number of anilines is 1. The third-order valence-corrected chi connectivity index (χ3v) is 6.04. The number of carbonyl (C=O) groups excluding carboxylic acids is 1. The van der Waals surface area contributed by atoms with Gasteiger partial charge in [-0.2, -0.15) is 0 Å². The van der Waals surface area contributed by atoms with Crippen LogP contribution in [0.2, 0.25) is 0 Å². The summed E-state index contributed by atoms with van der Waals surface area (Å²) in [5.41, 5.74) is 0.291. The number of hydrogen-bond donors (Lipinski definition) is 2. The zero-order chi connectivity index (χ0) is 19.9.